The highest BCUT2D eigenvalue weighted by Crippen LogP contribution is 2.34. The number of amides is 1. The minimum absolute atomic E-state index is 0.0821. The van der Waals surface area contributed by atoms with E-state index in [9.17, 15) is 14.4 Å². The Kier molecular flexibility index (Phi) is 8.25. The lowest BCUT2D eigenvalue weighted by Crippen LogP contribution is -2.16. The molecule has 0 atom stereocenters. The Labute approximate surface area is 200 Å². The number of nitrogens with one attached hydrogen (secondary N) is 1. The van der Waals surface area contributed by atoms with Crippen LogP contribution in [0.25, 0.3) is 0 Å². The quantitative estimate of drug-likeness (QED) is 0.428. The van der Waals surface area contributed by atoms with E-state index in [-0.39, 0.29) is 41.1 Å². The summed E-state index contributed by atoms with van der Waals surface area (Å²) in [5.41, 5.74) is 0.609. The normalized spacial score (nSPS) is 10.5. The van der Waals surface area contributed by atoms with Crippen molar-refractivity contribution in [3.63, 3.8) is 0 Å². The Hall–Kier alpha value is -3.86. The van der Waals surface area contributed by atoms with E-state index in [2.05, 4.69) is 10.4 Å². The fourth-order valence-electron chi connectivity index (χ4n) is 2.98. The predicted molar refractivity (Wildman–Crippen MR) is 125 cm³/mol. The molecule has 0 aliphatic heterocycles. The number of carbonyl (C=O) groups is 3. The number of aromatic nitrogens is 2. The summed E-state index contributed by atoms with van der Waals surface area (Å²) < 4.78 is 22.4. The summed E-state index contributed by atoms with van der Waals surface area (Å²) in [5.74, 6) is -0.439. The van der Waals surface area contributed by atoms with E-state index in [4.69, 9.17) is 18.9 Å². The number of hydrogen-bond donors (Lipinski definition) is 1. The van der Waals surface area contributed by atoms with Gasteiger partial charge in [-0.1, -0.05) is 0 Å². The first-order valence-corrected chi connectivity index (χ1v) is 11.3. The van der Waals surface area contributed by atoms with Crippen LogP contribution in [0.5, 0.6) is 11.5 Å². The third-order valence-corrected chi connectivity index (χ3v) is 5.80. The molecule has 180 valence electrons. The maximum Gasteiger partial charge on any atom is 0.348 e. The largest absolute Gasteiger partial charge is 0.497 e. The van der Waals surface area contributed by atoms with Crippen molar-refractivity contribution >= 4 is 34.2 Å². The molecule has 0 saturated heterocycles. The number of anilines is 1. The van der Waals surface area contributed by atoms with Crippen LogP contribution in [0.2, 0.25) is 0 Å². The van der Waals surface area contributed by atoms with Crippen LogP contribution in [0.1, 0.15) is 49.9 Å². The van der Waals surface area contributed by atoms with Crippen LogP contribution in [0.15, 0.2) is 36.5 Å². The van der Waals surface area contributed by atoms with E-state index < -0.39 is 17.8 Å². The first kappa shape index (κ1) is 24.8. The maximum absolute atomic E-state index is 12.8. The van der Waals surface area contributed by atoms with Gasteiger partial charge in [-0.15, -0.1) is 11.3 Å². The lowest BCUT2D eigenvalue weighted by Gasteiger charge is -2.07. The van der Waals surface area contributed by atoms with E-state index >= 15 is 0 Å². The molecule has 3 aromatic rings. The van der Waals surface area contributed by atoms with Gasteiger partial charge in [0, 0.05) is 6.20 Å². The molecule has 0 aliphatic carbocycles. The van der Waals surface area contributed by atoms with Crippen LogP contribution in [-0.2, 0) is 16.2 Å². The molecular weight excluding hydrogens is 462 g/mol. The van der Waals surface area contributed by atoms with Crippen molar-refractivity contribution in [2.75, 3.05) is 25.6 Å². The predicted octanol–water partition coefficient (Wildman–Crippen LogP) is 3.90. The molecule has 0 unspecified atom stereocenters. The average molecular weight is 488 g/mol. The molecule has 0 radical (unpaired) electrons. The van der Waals surface area contributed by atoms with Crippen LogP contribution in [0.4, 0.5) is 5.00 Å². The van der Waals surface area contributed by atoms with Crippen molar-refractivity contribution in [1.82, 2.24) is 9.78 Å². The van der Waals surface area contributed by atoms with Gasteiger partial charge in [-0.2, -0.15) is 5.10 Å². The molecule has 10 nitrogen and oxygen atoms in total. The minimum atomic E-state index is -0.638. The Morgan fingerprint density at radius 2 is 1.65 bits per heavy atom. The molecule has 34 heavy (non-hydrogen) atoms. The molecule has 0 bridgehead atoms. The van der Waals surface area contributed by atoms with E-state index in [1.54, 1.807) is 58.3 Å². The summed E-state index contributed by atoms with van der Waals surface area (Å²) in [6, 6.07) is 8.57. The summed E-state index contributed by atoms with van der Waals surface area (Å²) in [6.45, 7) is 5.38. The topological polar surface area (TPSA) is 118 Å². The van der Waals surface area contributed by atoms with Gasteiger partial charge in [0.25, 0.3) is 5.91 Å². The number of hydrogen-bond acceptors (Lipinski definition) is 9. The smallest absolute Gasteiger partial charge is 0.348 e. The monoisotopic (exact) mass is 487 g/mol. The number of esters is 2. The van der Waals surface area contributed by atoms with Crippen molar-refractivity contribution < 1.29 is 33.3 Å². The van der Waals surface area contributed by atoms with Gasteiger partial charge in [0.1, 0.15) is 21.4 Å². The SMILES string of the molecule is CCOC(=O)c1sc(NC(=O)c2ccn(COc3ccc(OC)cc3)n2)c(C(=O)OCC)c1C. The Morgan fingerprint density at radius 3 is 2.29 bits per heavy atom. The molecule has 1 N–H and O–H groups in total. The number of methoxy groups -OCH3 is 1. The van der Waals surface area contributed by atoms with Gasteiger partial charge in [-0.05, 0) is 56.7 Å². The third kappa shape index (κ3) is 5.73. The summed E-state index contributed by atoms with van der Waals surface area (Å²) >= 11 is 0.952. The van der Waals surface area contributed by atoms with Crippen LogP contribution in [0.3, 0.4) is 0 Å². The summed E-state index contributed by atoms with van der Waals surface area (Å²) in [4.78, 5) is 37.8. The molecule has 1 aromatic carbocycles. The van der Waals surface area contributed by atoms with Crippen LogP contribution in [-0.4, -0.2) is 47.9 Å². The van der Waals surface area contributed by atoms with E-state index in [1.165, 1.54) is 10.7 Å². The van der Waals surface area contributed by atoms with Crippen molar-refractivity contribution in [2.24, 2.45) is 0 Å². The van der Waals surface area contributed by atoms with Crippen molar-refractivity contribution in [1.29, 1.82) is 0 Å². The van der Waals surface area contributed by atoms with E-state index in [1.807, 2.05) is 0 Å². The highest BCUT2D eigenvalue weighted by Gasteiger charge is 2.27. The van der Waals surface area contributed by atoms with E-state index in [0.29, 0.717) is 17.1 Å². The third-order valence-electron chi connectivity index (χ3n) is 4.61. The second-order valence-electron chi connectivity index (χ2n) is 6.84. The lowest BCUT2D eigenvalue weighted by atomic mass is 10.1. The fourth-order valence-corrected chi connectivity index (χ4v) is 4.06. The highest BCUT2D eigenvalue weighted by molar-refractivity contribution is 7.18. The Balaban J connectivity index is 1.74. The van der Waals surface area contributed by atoms with Crippen LogP contribution < -0.4 is 14.8 Å². The molecule has 0 fully saturated rings. The van der Waals surface area contributed by atoms with Gasteiger partial charge in [0.05, 0.1) is 25.9 Å². The summed E-state index contributed by atoms with van der Waals surface area (Å²) in [6.07, 6.45) is 1.59. The Morgan fingerprint density at radius 1 is 1.00 bits per heavy atom. The van der Waals surface area contributed by atoms with Gasteiger partial charge in [-0.3, -0.25) is 4.79 Å². The van der Waals surface area contributed by atoms with Gasteiger partial charge in [-0.25, -0.2) is 14.3 Å². The minimum Gasteiger partial charge on any atom is -0.497 e. The average Bonchev–Trinajstić information content (AvgIpc) is 3.43. The molecule has 3 rings (SSSR count). The molecular formula is C23H25N3O7S. The molecule has 11 heteroatoms. The second kappa shape index (κ2) is 11.3. The fraction of sp³-hybridized carbons (Fsp3) is 0.304. The molecule has 0 spiro atoms. The molecule has 1 amide bonds. The van der Waals surface area contributed by atoms with E-state index in [0.717, 1.165) is 11.3 Å². The number of ether oxygens (including phenoxy) is 4. The summed E-state index contributed by atoms with van der Waals surface area (Å²) in [7, 11) is 1.58. The zero-order valence-electron chi connectivity index (χ0n) is 19.2. The van der Waals surface area contributed by atoms with Gasteiger partial charge < -0.3 is 24.3 Å². The first-order valence-electron chi connectivity index (χ1n) is 10.5. The van der Waals surface area contributed by atoms with Crippen LogP contribution in [0, 0.1) is 6.92 Å². The van der Waals surface area contributed by atoms with Crippen LogP contribution >= 0.6 is 11.3 Å². The molecule has 0 saturated carbocycles. The Bertz CT molecular complexity index is 1170. The first-order chi connectivity index (χ1) is 16.4. The maximum atomic E-state index is 12.8. The lowest BCUT2D eigenvalue weighted by molar-refractivity contribution is 0.0527. The molecule has 2 aromatic heterocycles. The zero-order valence-corrected chi connectivity index (χ0v) is 20.1. The number of rotatable bonds is 10. The number of nitrogens with zero attached hydrogens (tertiary/aromatic N) is 2. The molecule has 0 aliphatic rings. The number of carbonyl (C=O) groups excluding carboxylic acids is 3. The highest BCUT2D eigenvalue weighted by atomic mass is 32.1. The van der Waals surface area contributed by atoms with Crippen molar-refractivity contribution in [3.05, 3.63) is 58.2 Å². The van der Waals surface area contributed by atoms with Gasteiger partial charge in [0.15, 0.2) is 12.4 Å². The van der Waals surface area contributed by atoms with Gasteiger partial charge >= 0.3 is 11.9 Å². The second-order valence-corrected chi connectivity index (χ2v) is 7.87. The number of thiophene rings is 1. The molecule has 2 heterocycles. The standard InChI is InChI=1S/C23H25N3O7S/c1-5-31-22(28)18-14(3)19(23(29)32-6-2)34-21(18)24-20(27)17-11-12-26(25-17)13-33-16-9-7-15(30-4)8-10-16/h7-12H,5-6,13H2,1-4H3,(H,24,27). The van der Waals surface area contributed by atoms with Gasteiger partial charge in [0.2, 0.25) is 0 Å². The van der Waals surface area contributed by atoms with Crippen molar-refractivity contribution in [3.8, 4) is 11.5 Å². The summed E-state index contributed by atoms with van der Waals surface area (Å²) in [5, 5.41) is 7.06. The van der Waals surface area contributed by atoms with Crippen molar-refractivity contribution in [2.45, 2.75) is 27.5 Å². The zero-order chi connectivity index (χ0) is 24.7. The number of benzene rings is 1.